The molecule has 1 unspecified atom stereocenters. The Kier molecular flexibility index (Phi) is 7.58. The van der Waals surface area contributed by atoms with Gasteiger partial charge in [0.1, 0.15) is 5.75 Å². The van der Waals surface area contributed by atoms with Gasteiger partial charge < -0.3 is 25.0 Å². The van der Waals surface area contributed by atoms with Gasteiger partial charge in [-0.1, -0.05) is 18.2 Å². The third kappa shape index (κ3) is 5.28. The van der Waals surface area contributed by atoms with Gasteiger partial charge in [0, 0.05) is 56.4 Å². The summed E-state index contributed by atoms with van der Waals surface area (Å²) >= 11 is 0. The fourth-order valence-electron chi connectivity index (χ4n) is 4.22. The van der Waals surface area contributed by atoms with Crippen LogP contribution in [-0.4, -0.2) is 72.8 Å². The van der Waals surface area contributed by atoms with Gasteiger partial charge in [-0.05, 0) is 26.0 Å². The maximum Gasteiger partial charge on any atom is 0.338 e. The van der Waals surface area contributed by atoms with Crippen LogP contribution in [0.15, 0.2) is 54.0 Å². The molecule has 2 aliphatic heterocycles. The van der Waals surface area contributed by atoms with E-state index in [1.165, 1.54) is 0 Å². The second-order valence-corrected chi connectivity index (χ2v) is 7.93. The van der Waals surface area contributed by atoms with Gasteiger partial charge in [-0.15, -0.1) is 0 Å². The average Bonchev–Trinajstić information content (AvgIpc) is 2.85. The van der Waals surface area contributed by atoms with E-state index in [9.17, 15) is 9.59 Å². The molecule has 2 aromatic rings. The molecule has 0 spiro atoms. The van der Waals surface area contributed by atoms with E-state index in [4.69, 9.17) is 9.47 Å². The van der Waals surface area contributed by atoms with Crippen molar-refractivity contribution >= 4 is 17.9 Å². The zero-order valence-electron chi connectivity index (χ0n) is 19.5. The van der Waals surface area contributed by atoms with Gasteiger partial charge in [0.25, 0.3) is 0 Å². The Morgan fingerprint density at radius 1 is 1.06 bits per heavy atom. The summed E-state index contributed by atoms with van der Waals surface area (Å²) in [6, 6.07) is 8.17. The molecule has 2 amide bonds. The Labute approximate surface area is 199 Å². The Morgan fingerprint density at radius 2 is 1.79 bits per heavy atom. The molecule has 1 atom stereocenters. The van der Waals surface area contributed by atoms with Gasteiger partial charge in [0.2, 0.25) is 5.95 Å². The molecule has 1 fully saturated rings. The summed E-state index contributed by atoms with van der Waals surface area (Å²) in [5, 5.41) is 5.74. The van der Waals surface area contributed by atoms with Crippen molar-refractivity contribution in [1.29, 1.82) is 0 Å². The number of carbonyl (C=O) groups excluding carboxylic acids is 2. The zero-order chi connectivity index (χ0) is 23.9. The summed E-state index contributed by atoms with van der Waals surface area (Å²) < 4.78 is 11.2. The van der Waals surface area contributed by atoms with Gasteiger partial charge in [0.05, 0.1) is 24.8 Å². The molecule has 1 aromatic heterocycles. The molecular weight excluding hydrogens is 436 g/mol. The second-order valence-electron chi connectivity index (χ2n) is 7.93. The monoisotopic (exact) mass is 466 g/mol. The van der Waals surface area contributed by atoms with Crippen molar-refractivity contribution in [1.82, 2.24) is 25.5 Å². The third-order valence-corrected chi connectivity index (χ3v) is 5.77. The largest absolute Gasteiger partial charge is 0.494 e. The minimum Gasteiger partial charge on any atom is -0.494 e. The van der Waals surface area contributed by atoms with Crippen LogP contribution in [0.1, 0.15) is 25.5 Å². The number of nitrogens with zero attached hydrogens (tertiary/aromatic N) is 4. The standard InChI is InChI=1S/C24H30N6O4/c1-3-33-19-9-6-5-8-17(19)21-20(22(31)34-4-2)18(27-24(32)28-21)16-29-12-14-30(15-13-29)23-25-10-7-11-26-23/h5-11,21H,3-4,12-16H2,1-2H3,(H2,27,28,32). The highest BCUT2D eigenvalue weighted by Crippen LogP contribution is 2.34. The van der Waals surface area contributed by atoms with Crippen molar-refractivity contribution in [2.24, 2.45) is 0 Å². The smallest absolute Gasteiger partial charge is 0.338 e. The number of hydrogen-bond acceptors (Lipinski definition) is 8. The van der Waals surface area contributed by atoms with Crippen LogP contribution >= 0.6 is 0 Å². The minimum atomic E-state index is -0.676. The van der Waals surface area contributed by atoms with E-state index in [0.717, 1.165) is 26.2 Å². The van der Waals surface area contributed by atoms with Crippen molar-refractivity contribution < 1.29 is 19.1 Å². The molecular formula is C24H30N6O4. The SMILES string of the molecule is CCOC(=O)C1=C(CN2CCN(c3ncccn3)CC2)NC(=O)NC1c1ccccc1OCC. The number of aromatic nitrogens is 2. The number of anilines is 1. The summed E-state index contributed by atoms with van der Waals surface area (Å²) in [5.41, 5.74) is 1.65. The predicted octanol–water partition coefficient (Wildman–Crippen LogP) is 1.87. The van der Waals surface area contributed by atoms with E-state index in [-0.39, 0.29) is 12.6 Å². The van der Waals surface area contributed by atoms with Crippen molar-refractivity contribution in [3.05, 3.63) is 59.6 Å². The lowest BCUT2D eigenvalue weighted by Gasteiger charge is -2.37. The second kappa shape index (κ2) is 11.0. The van der Waals surface area contributed by atoms with Crippen LogP contribution in [0.3, 0.4) is 0 Å². The number of ether oxygens (including phenoxy) is 2. The maximum absolute atomic E-state index is 13.1. The number of hydrogen-bond donors (Lipinski definition) is 2. The first-order valence-corrected chi connectivity index (χ1v) is 11.5. The quantitative estimate of drug-likeness (QED) is 0.568. The molecule has 0 bridgehead atoms. The number of urea groups is 1. The number of benzene rings is 1. The molecule has 0 saturated carbocycles. The first kappa shape index (κ1) is 23.5. The first-order valence-electron chi connectivity index (χ1n) is 11.5. The van der Waals surface area contributed by atoms with Crippen LogP contribution in [0.5, 0.6) is 5.75 Å². The van der Waals surface area contributed by atoms with E-state index in [0.29, 0.717) is 41.7 Å². The molecule has 34 heavy (non-hydrogen) atoms. The molecule has 10 nitrogen and oxygen atoms in total. The summed E-state index contributed by atoms with van der Waals surface area (Å²) in [5.74, 6) is 0.865. The molecule has 1 saturated heterocycles. The predicted molar refractivity (Wildman–Crippen MR) is 126 cm³/mol. The first-order chi connectivity index (χ1) is 16.6. The average molecular weight is 467 g/mol. The number of para-hydroxylation sites is 1. The van der Waals surface area contributed by atoms with Crippen molar-refractivity contribution in [2.45, 2.75) is 19.9 Å². The Balaban J connectivity index is 1.60. The van der Waals surface area contributed by atoms with Crippen molar-refractivity contribution in [2.75, 3.05) is 50.8 Å². The van der Waals surface area contributed by atoms with Gasteiger partial charge in [0.15, 0.2) is 0 Å². The van der Waals surface area contributed by atoms with Crippen molar-refractivity contribution in [3.8, 4) is 5.75 Å². The number of rotatable bonds is 8. The van der Waals surface area contributed by atoms with Crippen LogP contribution in [0.2, 0.25) is 0 Å². The molecule has 0 radical (unpaired) electrons. The van der Waals surface area contributed by atoms with E-state index in [2.05, 4.69) is 30.4 Å². The van der Waals surface area contributed by atoms with E-state index >= 15 is 0 Å². The molecule has 1 aromatic carbocycles. The third-order valence-electron chi connectivity index (χ3n) is 5.77. The maximum atomic E-state index is 13.1. The number of piperazine rings is 1. The minimum absolute atomic E-state index is 0.235. The number of esters is 1. The molecule has 0 aliphatic carbocycles. The Morgan fingerprint density at radius 3 is 2.50 bits per heavy atom. The van der Waals surface area contributed by atoms with Gasteiger partial charge in [-0.3, -0.25) is 4.90 Å². The highest BCUT2D eigenvalue weighted by molar-refractivity contribution is 5.95. The van der Waals surface area contributed by atoms with Crippen LogP contribution in [0, 0.1) is 0 Å². The highest BCUT2D eigenvalue weighted by Gasteiger charge is 2.36. The van der Waals surface area contributed by atoms with Crippen LogP contribution in [-0.2, 0) is 9.53 Å². The van der Waals surface area contributed by atoms with Gasteiger partial charge >= 0.3 is 12.0 Å². The lowest BCUT2D eigenvalue weighted by atomic mass is 9.94. The summed E-state index contributed by atoms with van der Waals surface area (Å²) in [6.45, 7) is 7.74. The molecule has 2 aliphatic rings. The summed E-state index contributed by atoms with van der Waals surface area (Å²) in [4.78, 5) is 38.7. The van der Waals surface area contributed by atoms with E-state index < -0.39 is 12.0 Å². The fourth-order valence-corrected chi connectivity index (χ4v) is 4.22. The number of nitrogens with one attached hydrogen (secondary N) is 2. The lowest BCUT2D eigenvalue weighted by molar-refractivity contribution is -0.139. The van der Waals surface area contributed by atoms with Crippen LogP contribution in [0.25, 0.3) is 0 Å². The lowest BCUT2D eigenvalue weighted by Crippen LogP contribution is -2.52. The molecule has 180 valence electrons. The number of carbonyl (C=O) groups is 2. The fraction of sp³-hybridized carbons (Fsp3) is 0.417. The van der Waals surface area contributed by atoms with Crippen molar-refractivity contribution in [3.63, 3.8) is 0 Å². The number of amides is 2. The van der Waals surface area contributed by atoms with Crippen LogP contribution < -0.4 is 20.3 Å². The molecule has 10 heteroatoms. The van der Waals surface area contributed by atoms with Gasteiger partial charge in [-0.2, -0.15) is 0 Å². The van der Waals surface area contributed by atoms with Crippen LogP contribution in [0.4, 0.5) is 10.7 Å². The normalized spacial score (nSPS) is 18.8. The molecule has 3 heterocycles. The highest BCUT2D eigenvalue weighted by atomic mass is 16.5. The Hall–Kier alpha value is -3.66. The van der Waals surface area contributed by atoms with Gasteiger partial charge in [-0.25, -0.2) is 19.6 Å². The molecule has 2 N–H and O–H groups in total. The Bertz CT molecular complexity index is 1040. The summed E-state index contributed by atoms with van der Waals surface area (Å²) in [7, 11) is 0. The topological polar surface area (TPSA) is 109 Å². The summed E-state index contributed by atoms with van der Waals surface area (Å²) in [6.07, 6.45) is 3.46. The van der Waals surface area contributed by atoms with E-state index in [1.807, 2.05) is 31.2 Å². The zero-order valence-corrected chi connectivity index (χ0v) is 19.5. The van der Waals surface area contributed by atoms with E-state index in [1.54, 1.807) is 25.4 Å². The molecule has 4 rings (SSSR count).